The lowest BCUT2D eigenvalue weighted by Crippen LogP contribution is -2.01. The first-order valence-electron chi connectivity index (χ1n) is 11.1. The molecule has 34 heavy (non-hydrogen) atoms. The van der Waals surface area contributed by atoms with E-state index in [9.17, 15) is 4.79 Å². The van der Waals surface area contributed by atoms with Gasteiger partial charge in [-0.2, -0.15) is 0 Å². The second-order valence-electron chi connectivity index (χ2n) is 7.80. The van der Waals surface area contributed by atoms with Crippen LogP contribution in [0.3, 0.4) is 0 Å². The largest absolute Gasteiger partial charge is 0.496 e. The minimum absolute atomic E-state index is 0.0500. The van der Waals surface area contributed by atoms with Crippen LogP contribution in [0.25, 0.3) is 11.8 Å². The lowest BCUT2D eigenvalue weighted by atomic mass is 10.1. The second-order valence-corrected chi connectivity index (χ2v) is 7.80. The molecule has 0 aliphatic heterocycles. The maximum atomic E-state index is 12.7. The van der Waals surface area contributed by atoms with Crippen molar-refractivity contribution in [2.75, 3.05) is 7.11 Å². The fourth-order valence-corrected chi connectivity index (χ4v) is 3.71. The molecule has 0 radical (unpaired) electrons. The third-order valence-corrected chi connectivity index (χ3v) is 5.51. The number of ketones is 1. The standard InChI is InChI=1S/C30H27NO3/c1-3-8-25-9-4-5-10-30(25)34-22-26-21-23(12-18-29(26)33-2)11-17-28(32)24-13-15-27(16-14-24)31-19-6-7-20-31/h3-7,9-21H,1,8,22H2,2H3/b17-11+. The summed E-state index contributed by atoms with van der Waals surface area (Å²) in [6.07, 6.45) is 9.96. The maximum absolute atomic E-state index is 12.7. The Morgan fingerprint density at radius 1 is 0.912 bits per heavy atom. The predicted molar refractivity (Wildman–Crippen MR) is 137 cm³/mol. The van der Waals surface area contributed by atoms with Gasteiger partial charge in [0.25, 0.3) is 0 Å². The fourth-order valence-electron chi connectivity index (χ4n) is 3.71. The summed E-state index contributed by atoms with van der Waals surface area (Å²) in [5.41, 5.74) is 4.54. The summed E-state index contributed by atoms with van der Waals surface area (Å²) in [5, 5.41) is 0. The highest BCUT2D eigenvalue weighted by Crippen LogP contribution is 2.25. The van der Waals surface area contributed by atoms with Crippen LogP contribution in [-0.2, 0) is 13.0 Å². The van der Waals surface area contributed by atoms with Gasteiger partial charge in [-0.05, 0) is 78.2 Å². The summed E-state index contributed by atoms with van der Waals surface area (Å²) in [6.45, 7) is 4.17. The quantitative estimate of drug-likeness (QED) is 0.154. The molecule has 170 valence electrons. The number of carbonyl (C=O) groups is 1. The van der Waals surface area contributed by atoms with Gasteiger partial charge in [-0.1, -0.05) is 36.4 Å². The van der Waals surface area contributed by atoms with Crippen molar-refractivity contribution in [2.24, 2.45) is 0 Å². The van der Waals surface area contributed by atoms with E-state index in [0.717, 1.165) is 40.3 Å². The average molecular weight is 450 g/mol. The van der Waals surface area contributed by atoms with Crippen LogP contribution in [-0.4, -0.2) is 17.5 Å². The van der Waals surface area contributed by atoms with Gasteiger partial charge in [-0.15, -0.1) is 6.58 Å². The molecule has 4 heteroatoms. The minimum Gasteiger partial charge on any atom is -0.496 e. The van der Waals surface area contributed by atoms with E-state index in [1.807, 2.05) is 108 Å². The molecule has 3 aromatic carbocycles. The number of benzene rings is 3. The lowest BCUT2D eigenvalue weighted by molar-refractivity contribution is 0.104. The molecule has 0 saturated heterocycles. The van der Waals surface area contributed by atoms with Gasteiger partial charge >= 0.3 is 0 Å². The summed E-state index contributed by atoms with van der Waals surface area (Å²) < 4.78 is 13.6. The first-order chi connectivity index (χ1) is 16.7. The van der Waals surface area contributed by atoms with E-state index in [4.69, 9.17) is 9.47 Å². The number of aromatic nitrogens is 1. The van der Waals surface area contributed by atoms with Gasteiger partial charge in [-0.3, -0.25) is 4.79 Å². The third-order valence-electron chi connectivity index (χ3n) is 5.51. The number of ether oxygens (including phenoxy) is 2. The Morgan fingerprint density at radius 2 is 1.68 bits per heavy atom. The normalized spacial score (nSPS) is 10.9. The lowest BCUT2D eigenvalue weighted by Gasteiger charge is -2.13. The van der Waals surface area contributed by atoms with Crippen LogP contribution in [0.1, 0.15) is 27.0 Å². The van der Waals surface area contributed by atoms with E-state index in [0.29, 0.717) is 12.2 Å². The molecule has 0 aliphatic rings. The Labute approximate surface area is 200 Å². The molecule has 0 unspecified atom stereocenters. The molecule has 4 nitrogen and oxygen atoms in total. The fraction of sp³-hybridized carbons (Fsp3) is 0.100. The summed E-state index contributed by atoms with van der Waals surface area (Å²) >= 11 is 0. The highest BCUT2D eigenvalue weighted by Gasteiger charge is 2.08. The number of nitrogens with zero attached hydrogens (tertiary/aromatic N) is 1. The van der Waals surface area contributed by atoms with Gasteiger partial charge in [0.2, 0.25) is 0 Å². The molecule has 4 rings (SSSR count). The summed E-state index contributed by atoms with van der Waals surface area (Å²) in [7, 11) is 1.64. The third kappa shape index (κ3) is 5.54. The van der Waals surface area contributed by atoms with Gasteiger partial charge in [-0.25, -0.2) is 0 Å². The van der Waals surface area contributed by atoms with E-state index in [1.54, 1.807) is 13.2 Å². The van der Waals surface area contributed by atoms with E-state index in [2.05, 4.69) is 6.58 Å². The van der Waals surface area contributed by atoms with Crippen molar-refractivity contribution in [3.05, 3.63) is 132 Å². The van der Waals surface area contributed by atoms with Gasteiger partial charge < -0.3 is 14.0 Å². The monoisotopic (exact) mass is 449 g/mol. The SMILES string of the molecule is C=CCc1ccccc1OCc1cc(/C=C/C(=O)c2ccc(-n3cccc3)cc2)ccc1OC. The van der Waals surface area contributed by atoms with Gasteiger partial charge in [0.05, 0.1) is 7.11 Å². The van der Waals surface area contributed by atoms with E-state index < -0.39 is 0 Å². The van der Waals surface area contributed by atoms with Crippen LogP contribution in [0, 0.1) is 0 Å². The highest BCUT2D eigenvalue weighted by atomic mass is 16.5. The Morgan fingerprint density at radius 3 is 2.41 bits per heavy atom. The number of carbonyl (C=O) groups excluding carboxylic acids is 1. The molecular formula is C30H27NO3. The molecule has 0 atom stereocenters. The molecular weight excluding hydrogens is 422 g/mol. The Hall–Kier alpha value is -4.31. The van der Waals surface area contributed by atoms with E-state index in [-0.39, 0.29) is 5.78 Å². The Balaban J connectivity index is 1.46. The number of rotatable bonds is 10. The van der Waals surface area contributed by atoms with Crippen molar-refractivity contribution < 1.29 is 14.3 Å². The molecule has 0 spiro atoms. The molecule has 1 aromatic heterocycles. The van der Waals surface area contributed by atoms with Crippen molar-refractivity contribution in [1.29, 1.82) is 0 Å². The van der Waals surface area contributed by atoms with Crippen LogP contribution in [0.4, 0.5) is 0 Å². The molecule has 0 bridgehead atoms. The van der Waals surface area contributed by atoms with Crippen LogP contribution < -0.4 is 9.47 Å². The van der Waals surface area contributed by atoms with Crippen LogP contribution in [0.15, 0.2) is 110 Å². The predicted octanol–water partition coefficient (Wildman–Crippen LogP) is 6.69. The number of hydrogen-bond donors (Lipinski definition) is 0. The zero-order valence-electron chi connectivity index (χ0n) is 19.2. The zero-order chi connectivity index (χ0) is 23.8. The molecule has 0 N–H and O–H groups in total. The Bertz CT molecular complexity index is 1290. The van der Waals surface area contributed by atoms with Gasteiger partial charge in [0, 0.05) is 29.2 Å². The number of hydrogen-bond acceptors (Lipinski definition) is 3. The first kappa shape index (κ1) is 22.9. The molecule has 0 aliphatic carbocycles. The van der Waals surface area contributed by atoms with Gasteiger partial charge in [0.15, 0.2) is 5.78 Å². The van der Waals surface area contributed by atoms with E-state index in [1.165, 1.54) is 0 Å². The van der Waals surface area contributed by atoms with Gasteiger partial charge in [0.1, 0.15) is 18.1 Å². The Kier molecular flexibility index (Phi) is 7.41. The van der Waals surface area contributed by atoms with Crippen LogP contribution >= 0.6 is 0 Å². The molecule has 0 fully saturated rings. The van der Waals surface area contributed by atoms with Crippen molar-refractivity contribution in [2.45, 2.75) is 13.0 Å². The topological polar surface area (TPSA) is 40.5 Å². The summed E-state index contributed by atoms with van der Waals surface area (Å²) in [4.78, 5) is 12.7. The van der Waals surface area contributed by atoms with Crippen molar-refractivity contribution in [1.82, 2.24) is 4.57 Å². The molecule has 1 heterocycles. The van der Waals surface area contributed by atoms with Crippen LogP contribution in [0.5, 0.6) is 11.5 Å². The van der Waals surface area contributed by atoms with Crippen molar-refractivity contribution >= 4 is 11.9 Å². The smallest absolute Gasteiger partial charge is 0.185 e. The number of methoxy groups -OCH3 is 1. The average Bonchev–Trinajstić information content (AvgIpc) is 3.42. The van der Waals surface area contributed by atoms with E-state index >= 15 is 0 Å². The second kappa shape index (κ2) is 11.0. The highest BCUT2D eigenvalue weighted by molar-refractivity contribution is 6.06. The maximum Gasteiger partial charge on any atom is 0.185 e. The summed E-state index contributed by atoms with van der Waals surface area (Å²) in [5.74, 6) is 1.51. The number of para-hydroxylation sites is 1. The molecule has 0 saturated carbocycles. The minimum atomic E-state index is -0.0500. The first-order valence-corrected chi connectivity index (χ1v) is 11.1. The molecule has 0 amide bonds. The molecule has 4 aromatic rings. The number of allylic oxidation sites excluding steroid dienone is 2. The van der Waals surface area contributed by atoms with Crippen molar-refractivity contribution in [3.63, 3.8) is 0 Å². The van der Waals surface area contributed by atoms with Crippen LogP contribution in [0.2, 0.25) is 0 Å². The van der Waals surface area contributed by atoms with Crippen molar-refractivity contribution in [3.8, 4) is 17.2 Å². The summed E-state index contributed by atoms with van der Waals surface area (Å²) in [6, 6.07) is 25.2. The zero-order valence-corrected chi connectivity index (χ0v) is 19.2.